The van der Waals surface area contributed by atoms with Crippen molar-refractivity contribution >= 4 is 44.8 Å². The van der Waals surface area contributed by atoms with Gasteiger partial charge in [0.05, 0.1) is 39.0 Å². The molecule has 2 aromatic heterocycles. The number of nitrogens with one attached hydrogen (secondary N) is 1. The van der Waals surface area contributed by atoms with E-state index < -0.39 is 0 Å². The van der Waals surface area contributed by atoms with Crippen molar-refractivity contribution in [2.75, 3.05) is 71.5 Å². The first kappa shape index (κ1) is 36.9. The predicted molar refractivity (Wildman–Crippen MR) is 205 cm³/mol. The SMILES string of the molecule is CCOC(=O)NCCCN1CCc2cc(OC)c(OC)cc2C12CCC(C(=O)N1CCN(c3ncnc4c3cnn4Cc3ccccc3Br)CC1)CC2. The number of carbonyl (C=O) groups excluding carboxylic acids is 2. The number of hydrogen-bond acceptors (Lipinski definition) is 10. The molecule has 14 heteroatoms. The average molecular weight is 790 g/mol. The van der Waals surface area contributed by atoms with Crippen LogP contribution in [0.25, 0.3) is 11.0 Å². The molecule has 3 aliphatic rings. The zero-order chi connectivity index (χ0) is 37.0. The molecule has 1 saturated heterocycles. The van der Waals surface area contributed by atoms with Gasteiger partial charge in [0.25, 0.3) is 0 Å². The van der Waals surface area contributed by atoms with E-state index in [9.17, 15) is 9.59 Å². The number of halogens is 1. The van der Waals surface area contributed by atoms with E-state index in [0.29, 0.717) is 45.9 Å². The zero-order valence-electron chi connectivity index (χ0n) is 30.9. The maximum Gasteiger partial charge on any atom is 0.407 e. The molecule has 7 rings (SSSR count). The number of hydrogen-bond donors (Lipinski definition) is 1. The summed E-state index contributed by atoms with van der Waals surface area (Å²) >= 11 is 3.65. The summed E-state index contributed by atoms with van der Waals surface area (Å²) in [5.41, 5.74) is 4.26. The van der Waals surface area contributed by atoms with Crippen LogP contribution < -0.4 is 19.7 Å². The lowest BCUT2D eigenvalue weighted by Crippen LogP contribution is -2.55. The normalized spacial score (nSPS) is 20.3. The number of nitrogens with zero attached hydrogens (tertiary/aromatic N) is 7. The molecular weight excluding hydrogens is 740 g/mol. The smallest absolute Gasteiger partial charge is 0.407 e. The second-order valence-electron chi connectivity index (χ2n) is 14.0. The minimum absolute atomic E-state index is 0.0219. The standard InChI is InChI=1S/C39H49BrN8O5/c1-4-53-38(50)41-15-7-16-47-17-12-28-22-33(51-2)34(52-3)23-31(28)39(47)13-10-27(11-14-39)37(49)46-20-18-45(19-21-46)35-30-24-44-48(36(30)43-26-42-35)25-29-8-5-6-9-32(29)40/h5-6,8-9,22-24,26-27H,4,7,10-21,25H2,1-3H3,(H,41,50). The number of methoxy groups -OCH3 is 2. The Morgan fingerprint density at radius 2 is 1.75 bits per heavy atom. The molecule has 2 aromatic carbocycles. The molecule has 0 unspecified atom stereocenters. The van der Waals surface area contributed by atoms with E-state index in [-0.39, 0.29) is 23.5 Å². The fraction of sp³-hybridized carbons (Fsp3) is 0.513. The van der Waals surface area contributed by atoms with E-state index in [4.69, 9.17) is 14.2 Å². The minimum atomic E-state index is -0.378. The van der Waals surface area contributed by atoms with Crippen LogP contribution in [0.1, 0.15) is 55.7 Å². The Morgan fingerprint density at radius 3 is 2.49 bits per heavy atom. The number of benzene rings is 2. The Hall–Kier alpha value is -4.43. The summed E-state index contributed by atoms with van der Waals surface area (Å²) in [7, 11) is 3.36. The number of rotatable bonds is 11. The van der Waals surface area contributed by atoms with Crippen LogP contribution in [-0.2, 0) is 28.0 Å². The van der Waals surface area contributed by atoms with Gasteiger partial charge in [0.1, 0.15) is 12.1 Å². The Kier molecular flexibility index (Phi) is 11.3. The molecule has 2 fully saturated rings. The second-order valence-corrected chi connectivity index (χ2v) is 14.9. The summed E-state index contributed by atoms with van der Waals surface area (Å²) in [5, 5.41) is 8.45. The van der Waals surface area contributed by atoms with Crippen LogP contribution >= 0.6 is 15.9 Å². The van der Waals surface area contributed by atoms with Gasteiger partial charge >= 0.3 is 6.09 Å². The van der Waals surface area contributed by atoms with Crippen molar-refractivity contribution in [3.05, 3.63) is 70.1 Å². The minimum Gasteiger partial charge on any atom is -0.493 e. The number of fused-ring (bicyclic) bond motifs is 3. The van der Waals surface area contributed by atoms with Crippen molar-refractivity contribution in [3.8, 4) is 11.5 Å². The maximum absolute atomic E-state index is 14.1. The fourth-order valence-corrected chi connectivity index (χ4v) is 8.94. The van der Waals surface area contributed by atoms with Crippen molar-refractivity contribution in [2.24, 2.45) is 5.92 Å². The number of ether oxygens (including phenoxy) is 3. The third-order valence-corrected chi connectivity index (χ3v) is 12.0. The van der Waals surface area contributed by atoms with Gasteiger partial charge in [0.15, 0.2) is 17.1 Å². The number of amides is 2. The predicted octanol–water partition coefficient (Wildman–Crippen LogP) is 5.38. The van der Waals surface area contributed by atoms with Crippen LogP contribution in [0.3, 0.4) is 0 Å². The fourth-order valence-electron chi connectivity index (χ4n) is 8.53. The highest BCUT2D eigenvalue weighted by Crippen LogP contribution is 2.50. The summed E-state index contributed by atoms with van der Waals surface area (Å²) in [5.74, 6) is 2.56. The van der Waals surface area contributed by atoms with Crippen molar-refractivity contribution in [1.82, 2.24) is 34.9 Å². The highest BCUT2D eigenvalue weighted by Gasteiger charge is 2.47. The van der Waals surface area contributed by atoms with Crippen LogP contribution in [0.4, 0.5) is 10.6 Å². The second kappa shape index (κ2) is 16.3. The van der Waals surface area contributed by atoms with Crippen molar-refractivity contribution in [3.63, 3.8) is 0 Å². The van der Waals surface area contributed by atoms with Gasteiger partial charge in [-0.15, -0.1) is 0 Å². The van der Waals surface area contributed by atoms with E-state index in [1.807, 2.05) is 29.1 Å². The van der Waals surface area contributed by atoms with Crippen molar-refractivity contribution < 1.29 is 23.8 Å². The van der Waals surface area contributed by atoms with Gasteiger partial charge in [0.2, 0.25) is 5.91 Å². The monoisotopic (exact) mass is 788 g/mol. The molecule has 1 aliphatic carbocycles. The van der Waals surface area contributed by atoms with E-state index in [1.165, 1.54) is 11.1 Å². The Bertz CT molecular complexity index is 1920. The maximum atomic E-state index is 14.1. The molecule has 1 N–H and O–H groups in total. The molecule has 0 bridgehead atoms. The average Bonchev–Trinajstić information content (AvgIpc) is 3.60. The summed E-state index contributed by atoms with van der Waals surface area (Å²) in [4.78, 5) is 42.1. The quantitative estimate of drug-likeness (QED) is 0.198. The van der Waals surface area contributed by atoms with Gasteiger partial charge in [0, 0.05) is 61.7 Å². The lowest BCUT2D eigenvalue weighted by molar-refractivity contribution is -0.138. The third-order valence-electron chi connectivity index (χ3n) is 11.3. The molecule has 2 aliphatic heterocycles. The number of alkyl carbamates (subject to hydrolysis) is 1. The van der Waals surface area contributed by atoms with Gasteiger partial charge in [-0.3, -0.25) is 9.69 Å². The molecule has 282 valence electrons. The first-order chi connectivity index (χ1) is 25.8. The van der Waals surface area contributed by atoms with Crippen LogP contribution in [0.2, 0.25) is 0 Å². The number of aromatic nitrogens is 4. The number of carbonyl (C=O) groups is 2. The van der Waals surface area contributed by atoms with Gasteiger partial charge in [-0.1, -0.05) is 34.1 Å². The van der Waals surface area contributed by atoms with Gasteiger partial charge in [-0.2, -0.15) is 5.10 Å². The molecule has 2 amide bonds. The highest BCUT2D eigenvalue weighted by molar-refractivity contribution is 9.10. The molecule has 13 nitrogen and oxygen atoms in total. The van der Waals surface area contributed by atoms with Gasteiger partial charge in [-0.05, 0) is 80.3 Å². The Labute approximate surface area is 319 Å². The Morgan fingerprint density at radius 1 is 1.00 bits per heavy atom. The lowest BCUT2D eigenvalue weighted by atomic mass is 9.68. The van der Waals surface area contributed by atoms with E-state index in [2.05, 4.69) is 69.2 Å². The lowest BCUT2D eigenvalue weighted by Gasteiger charge is -2.52. The van der Waals surface area contributed by atoms with Crippen molar-refractivity contribution in [2.45, 2.75) is 57.5 Å². The third kappa shape index (κ3) is 7.53. The molecular formula is C39H49BrN8O5. The first-order valence-electron chi connectivity index (χ1n) is 18.7. The largest absolute Gasteiger partial charge is 0.493 e. The topological polar surface area (TPSA) is 127 Å². The van der Waals surface area contributed by atoms with Gasteiger partial charge in [-0.25, -0.2) is 19.4 Å². The van der Waals surface area contributed by atoms with Gasteiger partial charge < -0.3 is 29.3 Å². The van der Waals surface area contributed by atoms with Crippen LogP contribution in [0.15, 0.2) is 53.4 Å². The summed E-state index contributed by atoms with van der Waals surface area (Å²) in [6.45, 7) is 7.74. The van der Waals surface area contributed by atoms with Crippen LogP contribution in [0, 0.1) is 5.92 Å². The number of piperazine rings is 1. The van der Waals surface area contributed by atoms with Crippen LogP contribution in [0.5, 0.6) is 11.5 Å². The summed E-state index contributed by atoms with van der Waals surface area (Å²) < 4.78 is 19.4. The molecule has 53 heavy (non-hydrogen) atoms. The molecule has 1 saturated carbocycles. The highest BCUT2D eigenvalue weighted by atomic mass is 79.9. The zero-order valence-corrected chi connectivity index (χ0v) is 32.4. The molecule has 0 radical (unpaired) electrons. The molecule has 4 heterocycles. The summed E-state index contributed by atoms with van der Waals surface area (Å²) in [6, 6.07) is 12.4. The first-order valence-corrected chi connectivity index (χ1v) is 19.5. The van der Waals surface area contributed by atoms with Crippen molar-refractivity contribution in [1.29, 1.82) is 0 Å². The van der Waals surface area contributed by atoms with E-state index in [0.717, 1.165) is 90.0 Å². The van der Waals surface area contributed by atoms with E-state index >= 15 is 0 Å². The Balaban J connectivity index is 1.01. The molecule has 0 atom stereocenters. The van der Waals surface area contributed by atoms with Crippen LogP contribution in [-0.4, -0.2) is 108 Å². The van der Waals surface area contributed by atoms with E-state index in [1.54, 1.807) is 27.5 Å². The number of anilines is 1. The molecule has 1 spiro atoms. The molecule has 4 aromatic rings. The summed E-state index contributed by atoms with van der Waals surface area (Å²) in [6.07, 6.45) is 8.17.